The molecule has 1 N–H and O–H groups in total. The summed E-state index contributed by atoms with van der Waals surface area (Å²) in [5, 5.41) is 3.93. The zero-order valence-corrected chi connectivity index (χ0v) is 13.3. The number of aromatic nitrogens is 1. The number of amides is 1. The van der Waals surface area contributed by atoms with Crippen LogP contribution in [-0.4, -0.2) is 22.9 Å². The Morgan fingerprint density at radius 2 is 2.19 bits per heavy atom. The van der Waals surface area contributed by atoms with E-state index in [0.717, 1.165) is 17.2 Å². The quantitative estimate of drug-likeness (QED) is 0.875. The SMILES string of the molecule is CSc1ncccc1C(=O)NC1CCSc2ccccc21. The lowest BCUT2D eigenvalue weighted by Crippen LogP contribution is -2.31. The first-order valence-electron chi connectivity index (χ1n) is 6.81. The van der Waals surface area contributed by atoms with Crippen LogP contribution >= 0.6 is 23.5 Å². The van der Waals surface area contributed by atoms with Crippen LogP contribution in [-0.2, 0) is 0 Å². The number of fused-ring (bicyclic) bond motifs is 1. The highest BCUT2D eigenvalue weighted by Crippen LogP contribution is 2.36. The number of hydrogen-bond acceptors (Lipinski definition) is 4. The number of nitrogens with zero attached hydrogens (tertiary/aromatic N) is 1. The summed E-state index contributed by atoms with van der Waals surface area (Å²) < 4.78 is 0. The number of rotatable bonds is 3. The summed E-state index contributed by atoms with van der Waals surface area (Å²) in [5.74, 6) is 0.990. The molecule has 0 radical (unpaired) electrons. The molecule has 0 aliphatic carbocycles. The Labute approximate surface area is 132 Å². The van der Waals surface area contributed by atoms with Crippen LogP contribution in [0.4, 0.5) is 0 Å². The average molecular weight is 316 g/mol. The van der Waals surface area contributed by atoms with Gasteiger partial charge in [0.05, 0.1) is 11.6 Å². The molecular weight excluding hydrogens is 300 g/mol. The molecule has 1 aliphatic heterocycles. The molecule has 1 aliphatic rings. The van der Waals surface area contributed by atoms with Crippen LogP contribution in [0, 0.1) is 0 Å². The molecule has 3 nitrogen and oxygen atoms in total. The van der Waals surface area contributed by atoms with Gasteiger partial charge in [0.25, 0.3) is 5.91 Å². The van der Waals surface area contributed by atoms with Gasteiger partial charge in [0.15, 0.2) is 0 Å². The number of hydrogen-bond donors (Lipinski definition) is 1. The fourth-order valence-electron chi connectivity index (χ4n) is 2.45. The van der Waals surface area contributed by atoms with Crippen molar-refractivity contribution in [2.45, 2.75) is 22.4 Å². The molecule has 0 fully saturated rings. The fourth-order valence-corrected chi connectivity index (χ4v) is 4.13. The lowest BCUT2D eigenvalue weighted by Gasteiger charge is -2.26. The van der Waals surface area contributed by atoms with Crippen LogP contribution in [0.1, 0.15) is 28.4 Å². The molecule has 0 bridgehead atoms. The highest BCUT2D eigenvalue weighted by atomic mass is 32.2. The van der Waals surface area contributed by atoms with Crippen molar-refractivity contribution in [3.63, 3.8) is 0 Å². The molecule has 1 aromatic carbocycles. The van der Waals surface area contributed by atoms with E-state index in [-0.39, 0.29) is 11.9 Å². The first-order chi connectivity index (χ1) is 10.3. The molecular formula is C16H16N2OS2. The molecule has 1 amide bonds. The van der Waals surface area contributed by atoms with Crippen molar-refractivity contribution in [2.75, 3.05) is 12.0 Å². The fraction of sp³-hybridized carbons (Fsp3) is 0.250. The van der Waals surface area contributed by atoms with E-state index in [1.54, 1.807) is 12.3 Å². The number of pyridine rings is 1. The third-order valence-electron chi connectivity index (χ3n) is 3.47. The first-order valence-corrected chi connectivity index (χ1v) is 9.02. The van der Waals surface area contributed by atoms with Gasteiger partial charge in [0.1, 0.15) is 5.03 Å². The predicted molar refractivity (Wildman–Crippen MR) is 88.0 cm³/mol. The lowest BCUT2D eigenvalue weighted by atomic mass is 10.0. The minimum absolute atomic E-state index is 0.0425. The van der Waals surface area contributed by atoms with Gasteiger partial charge in [-0.1, -0.05) is 18.2 Å². The molecule has 2 aromatic rings. The molecule has 0 spiro atoms. The van der Waals surface area contributed by atoms with E-state index in [2.05, 4.69) is 22.4 Å². The van der Waals surface area contributed by atoms with E-state index in [0.29, 0.717) is 5.56 Å². The van der Waals surface area contributed by atoms with E-state index in [9.17, 15) is 4.79 Å². The minimum Gasteiger partial charge on any atom is -0.345 e. The number of carbonyl (C=O) groups is 1. The van der Waals surface area contributed by atoms with Crippen molar-refractivity contribution in [3.8, 4) is 0 Å². The molecule has 0 saturated heterocycles. The van der Waals surface area contributed by atoms with Crippen molar-refractivity contribution < 1.29 is 4.79 Å². The van der Waals surface area contributed by atoms with E-state index in [1.165, 1.54) is 22.2 Å². The van der Waals surface area contributed by atoms with Gasteiger partial charge < -0.3 is 5.32 Å². The smallest absolute Gasteiger partial charge is 0.254 e. The number of nitrogens with one attached hydrogen (secondary N) is 1. The zero-order chi connectivity index (χ0) is 14.7. The molecule has 1 unspecified atom stereocenters. The van der Waals surface area contributed by atoms with E-state index in [1.807, 2.05) is 36.2 Å². The van der Waals surface area contributed by atoms with Crippen molar-refractivity contribution in [2.24, 2.45) is 0 Å². The van der Waals surface area contributed by atoms with Crippen LogP contribution < -0.4 is 5.32 Å². The summed E-state index contributed by atoms with van der Waals surface area (Å²) in [6, 6.07) is 12.0. The Morgan fingerprint density at radius 3 is 3.05 bits per heavy atom. The Balaban J connectivity index is 1.83. The van der Waals surface area contributed by atoms with Gasteiger partial charge in [-0.25, -0.2) is 4.98 Å². The topological polar surface area (TPSA) is 42.0 Å². The van der Waals surface area contributed by atoms with Gasteiger partial charge >= 0.3 is 0 Å². The van der Waals surface area contributed by atoms with Crippen LogP contribution in [0.15, 0.2) is 52.5 Å². The second-order valence-corrected chi connectivity index (χ2v) is 6.69. The highest BCUT2D eigenvalue weighted by molar-refractivity contribution is 7.99. The molecule has 0 saturated carbocycles. The maximum atomic E-state index is 12.5. The Morgan fingerprint density at radius 1 is 1.33 bits per heavy atom. The number of benzene rings is 1. The van der Waals surface area contributed by atoms with Crippen molar-refractivity contribution >= 4 is 29.4 Å². The summed E-state index contributed by atoms with van der Waals surface area (Å²) in [4.78, 5) is 18.1. The predicted octanol–water partition coefficient (Wildman–Crippen LogP) is 3.77. The lowest BCUT2D eigenvalue weighted by molar-refractivity contribution is 0.0931. The highest BCUT2D eigenvalue weighted by Gasteiger charge is 2.23. The van der Waals surface area contributed by atoms with E-state index in [4.69, 9.17) is 0 Å². The largest absolute Gasteiger partial charge is 0.345 e. The summed E-state index contributed by atoms with van der Waals surface area (Å²) in [6.45, 7) is 0. The van der Waals surface area contributed by atoms with Gasteiger partial charge in [0.2, 0.25) is 0 Å². The summed E-state index contributed by atoms with van der Waals surface area (Å²) in [6.07, 6.45) is 4.61. The van der Waals surface area contributed by atoms with Crippen LogP contribution in [0.3, 0.4) is 0 Å². The van der Waals surface area contributed by atoms with Gasteiger partial charge in [-0.2, -0.15) is 0 Å². The second kappa shape index (κ2) is 6.54. The molecule has 1 atom stereocenters. The van der Waals surface area contributed by atoms with Gasteiger partial charge in [-0.3, -0.25) is 4.79 Å². The van der Waals surface area contributed by atoms with Gasteiger partial charge in [0, 0.05) is 16.8 Å². The van der Waals surface area contributed by atoms with E-state index < -0.39 is 0 Å². The van der Waals surface area contributed by atoms with Crippen molar-refractivity contribution in [1.82, 2.24) is 10.3 Å². The number of carbonyl (C=O) groups excluding carboxylic acids is 1. The van der Waals surface area contributed by atoms with E-state index >= 15 is 0 Å². The summed E-state index contributed by atoms with van der Waals surface area (Å²) in [5.41, 5.74) is 1.87. The third kappa shape index (κ3) is 3.09. The summed E-state index contributed by atoms with van der Waals surface area (Å²) in [7, 11) is 0. The molecule has 21 heavy (non-hydrogen) atoms. The molecule has 108 valence electrons. The van der Waals surface area contributed by atoms with Crippen molar-refractivity contribution in [1.29, 1.82) is 0 Å². The zero-order valence-electron chi connectivity index (χ0n) is 11.7. The van der Waals surface area contributed by atoms with Crippen LogP contribution in [0.25, 0.3) is 0 Å². The minimum atomic E-state index is -0.0425. The maximum Gasteiger partial charge on any atom is 0.254 e. The van der Waals surface area contributed by atoms with Gasteiger partial charge in [-0.15, -0.1) is 23.5 Å². The Bertz CT molecular complexity index is 660. The molecule has 2 heterocycles. The van der Waals surface area contributed by atoms with Gasteiger partial charge in [-0.05, 0) is 36.4 Å². The van der Waals surface area contributed by atoms with Crippen LogP contribution in [0.2, 0.25) is 0 Å². The normalized spacial score (nSPS) is 17.1. The third-order valence-corrected chi connectivity index (χ3v) is 5.31. The van der Waals surface area contributed by atoms with Crippen LogP contribution in [0.5, 0.6) is 0 Å². The Hall–Kier alpha value is -1.46. The second-order valence-electron chi connectivity index (χ2n) is 4.76. The molecule has 5 heteroatoms. The maximum absolute atomic E-state index is 12.5. The Kier molecular flexibility index (Phi) is 4.51. The van der Waals surface area contributed by atoms with Crippen molar-refractivity contribution in [3.05, 3.63) is 53.7 Å². The molecule has 3 rings (SSSR count). The summed E-state index contributed by atoms with van der Waals surface area (Å²) >= 11 is 3.35. The monoisotopic (exact) mass is 316 g/mol. The standard InChI is InChI=1S/C16H16N2OS2/c1-20-16-12(6-4-9-17-16)15(19)18-13-8-10-21-14-7-3-2-5-11(13)14/h2-7,9,13H,8,10H2,1H3,(H,18,19). The molecule has 1 aromatic heterocycles. The first kappa shape index (κ1) is 14.5. The average Bonchev–Trinajstić information content (AvgIpc) is 2.55. The number of thioether (sulfide) groups is 2.